The number of fused-ring (bicyclic) bond motifs is 1. The summed E-state index contributed by atoms with van der Waals surface area (Å²) in [5.74, 6) is 2.89. The molecule has 3 aliphatic rings. The Labute approximate surface area is 194 Å². The largest absolute Gasteiger partial charge is 0.497 e. The van der Waals surface area contributed by atoms with E-state index >= 15 is 0 Å². The molecule has 1 aromatic rings. The molecule has 4 rings (SSSR count). The van der Waals surface area contributed by atoms with Crippen LogP contribution in [0.15, 0.2) is 57.9 Å². The summed E-state index contributed by atoms with van der Waals surface area (Å²) in [6.07, 6.45) is 3.84. The van der Waals surface area contributed by atoms with E-state index in [0.717, 1.165) is 50.0 Å². The molecule has 0 spiro atoms. The van der Waals surface area contributed by atoms with Crippen LogP contribution >= 0.6 is 12.2 Å². The van der Waals surface area contributed by atoms with Crippen molar-refractivity contribution in [2.45, 2.75) is 0 Å². The van der Waals surface area contributed by atoms with Crippen LogP contribution in [0.5, 0.6) is 5.75 Å². The van der Waals surface area contributed by atoms with Gasteiger partial charge in [-0.25, -0.2) is 4.99 Å². The summed E-state index contributed by atoms with van der Waals surface area (Å²) < 4.78 is 16.1. The highest BCUT2D eigenvalue weighted by Gasteiger charge is 2.30. The highest BCUT2D eigenvalue weighted by atomic mass is 32.1. The minimum Gasteiger partial charge on any atom is -0.497 e. The van der Waals surface area contributed by atoms with Crippen LogP contribution in [-0.2, 0) is 9.47 Å². The Balaban J connectivity index is 1.33. The fourth-order valence-electron chi connectivity index (χ4n) is 4.07. The number of amidine groups is 1. The number of hydrogen-bond donors (Lipinski definition) is 1. The van der Waals surface area contributed by atoms with Gasteiger partial charge in [0, 0.05) is 44.5 Å². The van der Waals surface area contributed by atoms with Crippen LogP contribution in [-0.4, -0.2) is 82.2 Å². The zero-order valence-electron chi connectivity index (χ0n) is 18.7. The summed E-state index contributed by atoms with van der Waals surface area (Å²) in [4.78, 5) is 14.1. The van der Waals surface area contributed by atoms with Crippen molar-refractivity contribution < 1.29 is 14.2 Å². The van der Waals surface area contributed by atoms with Crippen molar-refractivity contribution in [2.75, 3.05) is 65.5 Å². The molecule has 0 aromatic heterocycles. The van der Waals surface area contributed by atoms with Crippen molar-refractivity contribution in [3.8, 4) is 5.75 Å². The summed E-state index contributed by atoms with van der Waals surface area (Å²) in [5, 5.41) is 3.58. The molecule has 1 fully saturated rings. The molecular formula is C23H29N5O3S. The van der Waals surface area contributed by atoms with E-state index in [9.17, 15) is 0 Å². The second kappa shape index (κ2) is 10.1. The van der Waals surface area contributed by atoms with Crippen molar-refractivity contribution >= 4 is 34.6 Å². The lowest BCUT2D eigenvalue weighted by atomic mass is 9.94. The average Bonchev–Trinajstić information content (AvgIpc) is 2.83. The molecule has 0 radical (unpaired) electrons. The Morgan fingerprint density at radius 1 is 1.03 bits per heavy atom. The standard InChI is InChI=1S/C23H29N5O3S/c1-29-17-6-4-16(5-7-17)28-12-10-27(11-13-28)9-8-24-22-18-14-20(30-2)21(31-3)15-19(18)25-23(32)26-22/h4-7,14-15,18H,8-13H2,1-3H3,(H,24,26,32). The van der Waals surface area contributed by atoms with Gasteiger partial charge in [0.2, 0.25) is 0 Å². The Bertz CT molecular complexity index is 962. The fourth-order valence-corrected chi connectivity index (χ4v) is 4.28. The first-order chi connectivity index (χ1) is 15.6. The van der Waals surface area contributed by atoms with Crippen LogP contribution in [0, 0.1) is 5.92 Å². The topological polar surface area (TPSA) is 70.9 Å². The molecule has 1 aliphatic carbocycles. The third-order valence-electron chi connectivity index (χ3n) is 5.87. The second-order valence-corrected chi connectivity index (χ2v) is 8.07. The van der Waals surface area contributed by atoms with E-state index in [1.165, 1.54) is 5.69 Å². The minimum atomic E-state index is -0.109. The van der Waals surface area contributed by atoms with Crippen LogP contribution in [0.2, 0.25) is 0 Å². The summed E-state index contributed by atoms with van der Waals surface area (Å²) >= 11 is 5.31. The normalized spacial score (nSPS) is 22.4. The number of thiocarbonyl (C=S) groups is 1. The van der Waals surface area contributed by atoms with Crippen LogP contribution < -0.4 is 15.0 Å². The molecule has 2 aliphatic heterocycles. The highest BCUT2D eigenvalue weighted by molar-refractivity contribution is 7.80. The maximum Gasteiger partial charge on any atom is 0.198 e. The van der Waals surface area contributed by atoms with E-state index in [2.05, 4.69) is 32.2 Å². The number of rotatable bonds is 7. The Morgan fingerprint density at radius 3 is 2.41 bits per heavy atom. The lowest BCUT2D eigenvalue weighted by Gasteiger charge is -2.36. The number of allylic oxidation sites excluding steroid dienone is 1. The third-order valence-corrected chi connectivity index (χ3v) is 6.06. The van der Waals surface area contributed by atoms with Gasteiger partial charge in [-0.15, -0.1) is 0 Å². The zero-order valence-corrected chi connectivity index (χ0v) is 19.5. The van der Waals surface area contributed by atoms with Crippen LogP contribution in [0.3, 0.4) is 0 Å². The van der Waals surface area contributed by atoms with Gasteiger partial charge in [-0.05, 0) is 42.6 Å². The van der Waals surface area contributed by atoms with E-state index in [1.54, 1.807) is 21.3 Å². The molecule has 1 aromatic carbocycles. The molecule has 2 heterocycles. The predicted octanol–water partition coefficient (Wildman–Crippen LogP) is 2.24. The van der Waals surface area contributed by atoms with E-state index in [1.807, 2.05) is 24.3 Å². The predicted molar refractivity (Wildman–Crippen MR) is 131 cm³/mol. The Morgan fingerprint density at radius 2 is 1.75 bits per heavy atom. The van der Waals surface area contributed by atoms with Gasteiger partial charge in [-0.3, -0.25) is 9.89 Å². The smallest absolute Gasteiger partial charge is 0.198 e. The zero-order chi connectivity index (χ0) is 22.5. The summed E-state index contributed by atoms with van der Waals surface area (Å²) in [7, 11) is 4.93. The molecule has 1 saturated heterocycles. The van der Waals surface area contributed by atoms with Gasteiger partial charge in [0.25, 0.3) is 0 Å². The van der Waals surface area contributed by atoms with E-state index in [4.69, 9.17) is 31.4 Å². The number of anilines is 1. The maximum atomic E-state index is 5.46. The Kier molecular flexibility index (Phi) is 7.06. The van der Waals surface area contributed by atoms with Gasteiger partial charge in [0.05, 0.1) is 39.5 Å². The number of nitrogens with zero attached hydrogens (tertiary/aromatic N) is 4. The van der Waals surface area contributed by atoms with Gasteiger partial charge in [-0.1, -0.05) is 0 Å². The van der Waals surface area contributed by atoms with Gasteiger partial charge >= 0.3 is 0 Å². The van der Waals surface area contributed by atoms with Crippen molar-refractivity contribution in [1.82, 2.24) is 10.2 Å². The average molecular weight is 456 g/mol. The van der Waals surface area contributed by atoms with Crippen molar-refractivity contribution in [1.29, 1.82) is 0 Å². The molecule has 32 heavy (non-hydrogen) atoms. The minimum absolute atomic E-state index is 0.109. The van der Waals surface area contributed by atoms with Crippen LogP contribution in [0.1, 0.15) is 0 Å². The SMILES string of the molecule is COC1=CC2=NC(=S)NC(=NCCN3CCN(c4ccc(OC)cc4)CC3)C2C=C1OC. The van der Waals surface area contributed by atoms with Gasteiger partial charge in [-0.2, -0.15) is 0 Å². The monoisotopic (exact) mass is 455 g/mol. The molecule has 8 nitrogen and oxygen atoms in total. The molecule has 1 unspecified atom stereocenters. The summed E-state index contributed by atoms with van der Waals surface area (Å²) in [5.41, 5.74) is 2.05. The lowest BCUT2D eigenvalue weighted by Crippen LogP contribution is -2.47. The quantitative estimate of drug-likeness (QED) is 0.633. The lowest BCUT2D eigenvalue weighted by molar-refractivity contribution is 0.218. The van der Waals surface area contributed by atoms with E-state index in [-0.39, 0.29) is 5.92 Å². The number of methoxy groups -OCH3 is 3. The molecule has 0 bridgehead atoms. The van der Waals surface area contributed by atoms with Crippen molar-refractivity contribution in [3.63, 3.8) is 0 Å². The maximum absolute atomic E-state index is 5.46. The van der Waals surface area contributed by atoms with Crippen LogP contribution in [0.4, 0.5) is 5.69 Å². The van der Waals surface area contributed by atoms with E-state index < -0.39 is 0 Å². The van der Waals surface area contributed by atoms with Gasteiger partial charge in [0.1, 0.15) is 11.6 Å². The molecular weight excluding hydrogens is 426 g/mol. The van der Waals surface area contributed by atoms with Gasteiger partial charge in [0.15, 0.2) is 16.6 Å². The number of benzene rings is 1. The first-order valence-electron chi connectivity index (χ1n) is 10.7. The van der Waals surface area contributed by atoms with Crippen LogP contribution in [0.25, 0.3) is 0 Å². The third kappa shape index (κ3) is 4.94. The van der Waals surface area contributed by atoms with Gasteiger partial charge < -0.3 is 24.4 Å². The summed E-state index contributed by atoms with van der Waals surface area (Å²) in [6, 6.07) is 8.26. The number of nitrogens with one attached hydrogen (secondary N) is 1. The molecule has 0 saturated carbocycles. The number of hydrogen-bond acceptors (Lipinski definition) is 7. The number of ether oxygens (including phenoxy) is 3. The van der Waals surface area contributed by atoms with Crippen molar-refractivity contribution in [3.05, 3.63) is 47.9 Å². The highest BCUT2D eigenvalue weighted by Crippen LogP contribution is 2.25. The number of piperazine rings is 1. The van der Waals surface area contributed by atoms with E-state index in [0.29, 0.717) is 23.2 Å². The first kappa shape index (κ1) is 22.3. The van der Waals surface area contributed by atoms with Crippen molar-refractivity contribution in [2.24, 2.45) is 15.9 Å². The molecule has 0 amide bonds. The fraction of sp³-hybridized carbons (Fsp3) is 0.435. The molecule has 1 atom stereocenters. The summed E-state index contributed by atoms with van der Waals surface area (Å²) in [6.45, 7) is 5.59. The first-order valence-corrected chi connectivity index (χ1v) is 11.1. The Hall–Kier alpha value is -2.91. The molecule has 170 valence electrons. The molecule has 9 heteroatoms. The second-order valence-electron chi connectivity index (χ2n) is 7.69. The molecule has 1 N–H and O–H groups in total. The number of aliphatic imine (C=N–C) groups is 2.